The molecule has 0 aliphatic heterocycles. The Morgan fingerprint density at radius 3 is 2.27 bits per heavy atom. The van der Waals surface area contributed by atoms with Gasteiger partial charge in [0.25, 0.3) is 0 Å². The Balaban J connectivity index is 2.69. The van der Waals surface area contributed by atoms with Crippen molar-refractivity contribution in [2.75, 3.05) is 0 Å². The molecule has 2 N–H and O–H groups in total. The maximum absolute atomic E-state index is 10.2. The minimum atomic E-state index is -0.418. The summed E-state index contributed by atoms with van der Waals surface area (Å²) in [6, 6.07) is 10.3. The van der Waals surface area contributed by atoms with Gasteiger partial charge in [0.1, 0.15) is 0 Å². The molecular weight excluding hydrogens is 186 g/mol. The molecule has 15 heavy (non-hydrogen) atoms. The second-order valence-electron chi connectivity index (χ2n) is 4.19. The summed E-state index contributed by atoms with van der Waals surface area (Å²) in [5, 5.41) is 13.5. The standard InChI is InChI=1S/C13H21NO/c1-4-12(14-10(2)3)13(15)11-8-6-5-7-9-11/h5-10,12-15H,4H2,1-3H3. The van der Waals surface area contributed by atoms with Crippen LogP contribution in [-0.2, 0) is 0 Å². The van der Waals surface area contributed by atoms with Crippen LogP contribution in [0.4, 0.5) is 0 Å². The molecular formula is C13H21NO. The maximum atomic E-state index is 10.2. The number of aliphatic hydroxyl groups is 1. The Hall–Kier alpha value is -0.860. The third-order valence-electron chi connectivity index (χ3n) is 2.51. The molecule has 84 valence electrons. The van der Waals surface area contributed by atoms with Crippen LogP contribution in [0.25, 0.3) is 0 Å². The van der Waals surface area contributed by atoms with Crippen LogP contribution < -0.4 is 5.32 Å². The second-order valence-corrected chi connectivity index (χ2v) is 4.19. The molecule has 0 heterocycles. The molecule has 0 radical (unpaired) electrons. The first kappa shape index (κ1) is 12.2. The van der Waals surface area contributed by atoms with Gasteiger partial charge in [-0.2, -0.15) is 0 Å². The van der Waals surface area contributed by atoms with E-state index in [1.807, 2.05) is 30.3 Å². The Bertz CT molecular complexity index is 271. The number of rotatable bonds is 5. The zero-order valence-electron chi connectivity index (χ0n) is 9.77. The van der Waals surface area contributed by atoms with Crippen LogP contribution in [0, 0.1) is 0 Å². The summed E-state index contributed by atoms with van der Waals surface area (Å²) in [7, 11) is 0. The molecule has 1 rings (SSSR count). The third kappa shape index (κ3) is 3.65. The predicted octanol–water partition coefficient (Wildman–Crippen LogP) is 2.50. The summed E-state index contributed by atoms with van der Waals surface area (Å²) in [5.74, 6) is 0. The lowest BCUT2D eigenvalue weighted by Gasteiger charge is -2.25. The Kier molecular flexibility index (Phi) is 4.79. The largest absolute Gasteiger partial charge is 0.387 e. The van der Waals surface area contributed by atoms with Gasteiger partial charge in [0.15, 0.2) is 0 Å². The summed E-state index contributed by atoms with van der Waals surface area (Å²) >= 11 is 0. The molecule has 1 aromatic rings. The zero-order valence-corrected chi connectivity index (χ0v) is 9.77. The van der Waals surface area contributed by atoms with E-state index >= 15 is 0 Å². The van der Waals surface area contributed by atoms with Crippen molar-refractivity contribution in [3.05, 3.63) is 35.9 Å². The Labute approximate surface area is 92.3 Å². The molecule has 0 aromatic heterocycles. The highest BCUT2D eigenvalue weighted by Gasteiger charge is 2.18. The SMILES string of the molecule is CCC(NC(C)C)C(O)c1ccccc1. The number of benzene rings is 1. The minimum absolute atomic E-state index is 0.132. The fourth-order valence-electron chi connectivity index (χ4n) is 1.74. The smallest absolute Gasteiger partial charge is 0.0942 e. The van der Waals surface area contributed by atoms with Crippen molar-refractivity contribution in [2.24, 2.45) is 0 Å². The van der Waals surface area contributed by atoms with Crippen molar-refractivity contribution in [1.29, 1.82) is 0 Å². The van der Waals surface area contributed by atoms with Gasteiger partial charge in [0.2, 0.25) is 0 Å². The lowest BCUT2D eigenvalue weighted by Crippen LogP contribution is -2.38. The highest BCUT2D eigenvalue weighted by Crippen LogP contribution is 2.18. The molecule has 0 fully saturated rings. The van der Waals surface area contributed by atoms with E-state index in [1.54, 1.807) is 0 Å². The molecule has 0 saturated heterocycles. The van der Waals surface area contributed by atoms with Gasteiger partial charge in [-0.1, -0.05) is 51.1 Å². The van der Waals surface area contributed by atoms with Gasteiger partial charge in [0.05, 0.1) is 6.10 Å². The maximum Gasteiger partial charge on any atom is 0.0942 e. The first-order valence-corrected chi connectivity index (χ1v) is 5.64. The fraction of sp³-hybridized carbons (Fsp3) is 0.538. The average Bonchev–Trinajstić information content (AvgIpc) is 2.26. The Morgan fingerprint density at radius 1 is 1.20 bits per heavy atom. The predicted molar refractivity (Wildman–Crippen MR) is 63.8 cm³/mol. The molecule has 2 unspecified atom stereocenters. The van der Waals surface area contributed by atoms with Crippen LogP contribution >= 0.6 is 0 Å². The molecule has 0 spiro atoms. The van der Waals surface area contributed by atoms with Gasteiger partial charge in [-0.3, -0.25) is 0 Å². The van der Waals surface area contributed by atoms with Crippen LogP contribution in [0.15, 0.2) is 30.3 Å². The number of hydrogen-bond acceptors (Lipinski definition) is 2. The van der Waals surface area contributed by atoms with Gasteiger partial charge in [0, 0.05) is 12.1 Å². The highest BCUT2D eigenvalue weighted by molar-refractivity contribution is 5.18. The van der Waals surface area contributed by atoms with Crippen LogP contribution in [0.2, 0.25) is 0 Å². The summed E-state index contributed by atoms with van der Waals surface area (Å²) in [4.78, 5) is 0. The molecule has 1 aromatic carbocycles. The fourth-order valence-corrected chi connectivity index (χ4v) is 1.74. The first-order valence-electron chi connectivity index (χ1n) is 5.64. The van der Waals surface area contributed by atoms with Crippen LogP contribution in [0.3, 0.4) is 0 Å². The molecule has 2 atom stereocenters. The number of hydrogen-bond donors (Lipinski definition) is 2. The molecule has 0 amide bonds. The summed E-state index contributed by atoms with van der Waals surface area (Å²) in [6.45, 7) is 6.28. The van der Waals surface area contributed by atoms with Gasteiger partial charge in [-0.25, -0.2) is 0 Å². The average molecular weight is 207 g/mol. The lowest BCUT2D eigenvalue weighted by atomic mass is 10.00. The van der Waals surface area contributed by atoms with E-state index in [9.17, 15) is 5.11 Å². The van der Waals surface area contributed by atoms with Crippen molar-refractivity contribution in [1.82, 2.24) is 5.32 Å². The van der Waals surface area contributed by atoms with Crippen LogP contribution in [0.1, 0.15) is 38.9 Å². The number of aliphatic hydroxyl groups excluding tert-OH is 1. The highest BCUT2D eigenvalue weighted by atomic mass is 16.3. The zero-order chi connectivity index (χ0) is 11.3. The van der Waals surface area contributed by atoms with Crippen LogP contribution in [-0.4, -0.2) is 17.2 Å². The van der Waals surface area contributed by atoms with E-state index in [-0.39, 0.29) is 6.04 Å². The van der Waals surface area contributed by atoms with Crippen molar-refractivity contribution in [3.63, 3.8) is 0 Å². The van der Waals surface area contributed by atoms with E-state index in [0.717, 1.165) is 12.0 Å². The topological polar surface area (TPSA) is 32.3 Å². The first-order chi connectivity index (χ1) is 7.15. The minimum Gasteiger partial charge on any atom is -0.387 e. The van der Waals surface area contributed by atoms with Crippen molar-refractivity contribution in [2.45, 2.75) is 45.4 Å². The van der Waals surface area contributed by atoms with Gasteiger partial charge >= 0.3 is 0 Å². The van der Waals surface area contributed by atoms with Crippen molar-refractivity contribution < 1.29 is 5.11 Å². The summed E-state index contributed by atoms with van der Waals surface area (Å²) in [6.07, 6.45) is 0.507. The third-order valence-corrected chi connectivity index (χ3v) is 2.51. The van der Waals surface area contributed by atoms with E-state index in [4.69, 9.17) is 0 Å². The monoisotopic (exact) mass is 207 g/mol. The second kappa shape index (κ2) is 5.89. The normalized spacial score (nSPS) is 15.3. The Morgan fingerprint density at radius 2 is 1.80 bits per heavy atom. The lowest BCUT2D eigenvalue weighted by molar-refractivity contribution is 0.121. The summed E-state index contributed by atoms with van der Waals surface area (Å²) < 4.78 is 0. The quantitative estimate of drug-likeness (QED) is 0.777. The number of nitrogens with one attached hydrogen (secondary N) is 1. The van der Waals surface area contributed by atoms with E-state index in [2.05, 4.69) is 26.1 Å². The molecule has 0 aliphatic carbocycles. The summed E-state index contributed by atoms with van der Waals surface area (Å²) in [5.41, 5.74) is 0.984. The van der Waals surface area contributed by atoms with E-state index < -0.39 is 6.10 Å². The molecule has 0 saturated carbocycles. The molecule has 2 nitrogen and oxygen atoms in total. The molecule has 0 bridgehead atoms. The van der Waals surface area contributed by atoms with Gasteiger partial charge < -0.3 is 10.4 Å². The van der Waals surface area contributed by atoms with Crippen molar-refractivity contribution in [3.8, 4) is 0 Å². The van der Waals surface area contributed by atoms with E-state index in [1.165, 1.54) is 0 Å². The van der Waals surface area contributed by atoms with Crippen LogP contribution in [0.5, 0.6) is 0 Å². The molecule has 0 aliphatic rings. The van der Waals surface area contributed by atoms with Gasteiger partial charge in [-0.05, 0) is 12.0 Å². The molecule has 2 heteroatoms. The van der Waals surface area contributed by atoms with Gasteiger partial charge in [-0.15, -0.1) is 0 Å². The van der Waals surface area contributed by atoms with E-state index in [0.29, 0.717) is 6.04 Å². The van der Waals surface area contributed by atoms with Crippen molar-refractivity contribution >= 4 is 0 Å².